The molecule has 152 valence electrons. The number of hydrogen-bond acceptors (Lipinski definition) is 6. The summed E-state index contributed by atoms with van der Waals surface area (Å²) in [6.07, 6.45) is 3.89. The number of para-hydroxylation sites is 1. The molecule has 0 aromatic heterocycles. The summed E-state index contributed by atoms with van der Waals surface area (Å²) in [4.78, 5) is 47.2. The lowest BCUT2D eigenvalue weighted by atomic mass is 10.2. The van der Waals surface area contributed by atoms with E-state index in [0.29, 0.717) is 17.9 Å². The van der Waals surface area contributed by atoms with Gasteiger partial charge in [-0.2, -0.15) is 0 Å². The number of carbonyl (C=O) groups is 4. The highest BCUT2D eigenvalue weighted by molar-refractivity contribution is 5.99. The summed E-state index contributed by atoms with van der Waals surface area (Å²) >= 11 is 0. The third-order valence-corrected chi connectivity index (χ3v) is 4.13. The van der Waals surface area contributed by atoms with E-state index in [9.17, 15) is 19.2 Å². The van der Waals surface area contributed by atoms with E-state index >= 15 is 0 Å². The smallest absolute Gasteiger partial charge is 0.325 e. The fourth-order valence-corrected chi connectivity index (χ4v) is 2.83. The van der Waals surface area contributed by atoms with Crippen LogP contribution in [0, 0.1) is 0 Å². The zero-order valence-corrected chi connectivity index (χ0v) is 15.8. The summed E-state index contributed by atoms with van der Waals surface area (Å²) in [5.74, 6) is -1.63. The number of urea groups is 1. The summed E-state index contributed by atoms with van der Waals surface area (Å²) in [6, 6.07) is 6.10. The maximum atomic E-state index is 12.2. The van der Waals surface area contributed by atoms with E-state index in [4.69, 9.17) is 9.47 Å². The predicted octanol–water partition coefficient (Wildman–Crippen LogP) is 1.13. The minimum Gasteiger partial charge on any atom is -0.493 e. The maximum Gasteiger partial charge on any atom is 0.325 e. The van der Waals surface area contributed by atoms with Gasteiger partial charge in [0.15, 0.2) is 6.61 Å². The van der Waals surface area contributed by atoms with Gasteiger partial charge in [-0.25, -0.2) is 4.79 Å². The van der Waals surface area contributed by atoms with Gasteiger partial charge in [0.25, 0.3) is 11.8 Å². The van der Waals surface area contributed by atoms with E-state index in [1.165, 1.54) is 0 Å². The fraction of sp³-hybridized carbons (Fsp3) is 0.474. The van der Waals surface area contributed by atoms with E-state index in [0.717, 1.165) is 25.7 Å². The van der Waals surface area contributed by atoms with Crippen LogP contribution in [0.15, 0.2) is 24.3 Å². The second kappa shape index (κ2) is 10.9. The summed E-state index contributed by atoms with van der Waals surface area (Å²) in [6.45, 7) is 1.17. The van der Waals surface area contributed by atoms with Crippen LogP contribution in [-0.2, 0) is 14.3 Å². The summed E-state index contributed by atoms with van der Waals surface area (Å²) in [7, 11) is 0. The number of benzene rings is 1. The first-order valence-electron chi connectivity index (χ1n) is 9.25. The van der Waals surface area contributed by atoms with Gasteiger partial charge in [0.1, 0.15) is 12.3 Å². The van der Waals surface area contributed by atoms with Crippen LogP contribution >= 0.6 is 0 Å². The van der Waals surface area contributed by atoms with Gasteiger partial charge in [0.2, 0.25) is 0 Å². The number of rotatable bonds is 8. The average Bonchev–Trinajstić information content (AvgIpc) is 3.18. The SMILES string of the molecule is CCOc1ccccc1C(=O)NCC(=O)OCC(=O)NC(=O)NC1CCCC1. The zero-order chi connectivity index (χ0) is 20.4. The van der Waals surface area contributed by atoms with Crippen LogP contribution in [0.5, 0.6) is 5.75 Å². The van der Waals surface area contributed by atoms with E-state index in [2.05, 4.69) is 16.0 Å². The Balaban J connectivity index is 1.68. The third-order valence-electron chi connectivity index (χ3n) is 4.13. The molecule has 9 nitrogen and oxygen atoms in total. The van der Waals surface area contributed by atoms with Crippen molar-refractivity contribution in [3.05, 3.63) is 29.8 Å². The second-order valence-corrected chi connectivity index (χ2v) is 6.28. The summed E-state index contributed by atoms with van der Waals surface area (Å²) < 4.78 is 10.1. The standard InChI is InChI=1S/C19H25N3O6/c1-2-27-15-10-6-5-9-14(15)18(25)20-11-17(24)28-12-16(23)22-19(26)21-13-7-3-4-8-13/h5-6,9-10,13H,2-4,7-8,11-12H2,1H3,(H,20,25)(H2,21,22,23,26). The van der Waals surface area contributed by atoms with Crippen molar-refractivity contribution >= 4 is 23.8 Å². The quantitative estimate of drug-likeness (QED) is 0.571. The number of amides is 4. The largest absolute Gasteiger partial charge is 0.493 e. The van der Waals surface area contributed by atoms with E-state index in [-0.39, 0.29) is 6.04 Å². The zero-order valence-electron chi connectivity index (χ0n) is 15.8. The molecule has 4 amide bonds. The number of nitrogens with one attached hydrogen (secondary N) is 3. The Morgan fingerprint density at radius 1 is 1.11 bits per heavy atom. The van der Waals surface area contributed by atoms with Crippen molar-refractivity contribution in [3.63, 3.8) is 0 Å². The molecule has 0 atom stereocenters. The predicted molar refractivity (Wildman–Crippen MR) is 99.8 cm³/mol. The molecule has 0 saturated heterocycles. The van der Waals surface area contributed by atoms with Gasteiger partial charge in [0.05, 0.1) is 12.2 Å². The first-order chi connectivity index (χ1) is 13.5. The first kappa shape index (κ1) is 21.2. The molecule has 1 aromatic carbocycles. The lowest BCUT2D eigenvalue weighted by molar-refractivity contribution is -0.147. The minimum atomic E-state index is -0.798. The molecule has 2 rings (SSSR count). The lowest BCUT2D eigenvalue weighted by Gasteiger charge is -2.12. The highest BCUT2D eigenvalue weighted by atomic mass is 16.5. The molecule has 1 aliphatic rings. The monoisotopic (exact) mass is 391 g/mol. The summed E-state index contributed by atoms with van der Waals surface area (Å²) in [5.41, 5.74) is 0.290. The van der Waals surface area contributed by atoms with Crippen LogP contribution in [0.25, 0.3) is 0 Å². The molecule has 0 radical (unpaired) electrons. The molecule has 1 aromatic rings. The van der Waals surface area contributed by atoms with Gasteiger partial charge in [-0.3, -0.25) is 19.7 Å². The number of esters is 1. The topological polar surface area (TPSA) is 123 Å². The Hall–Kier alpha value is -3.10. The molecule has 0 heterocycles. The van der Waals surface area contributed by atoms with Crippen LogP contribution in [0.2, 0.25) is 0 Å². The van der Waals surface area contributed by atoms with Gasteiger partial charge in [-0.1, -0.05) is 25.0 Å². The normalized spacial score (nSPS) is 13.5. The third kappa shape index (κ3) is 6.90. The van der Waals surface area contributed by atoms with Crippen molar-refractivity contribution in [2.24, 2.45) is 0 Å². The molecule has 3 N–H and O–H groups in total. The van der Waals surface area contributed by atoms with Crippen molar-refractivity contribution in [1.29, 1.82) is 0 Å². The Bertz CT molecular complexity index is 715. The molecule has 0 spiro atoms. The molecular weight excluding hydrogens is 366 g/mol. The van der Waals surface area contributed by atoms with Gasteiger partial charge in [-0.05, 0) is 31.9 Å². The van der Waals surface area contributed by atoms with Gasteiger partial charge < -0.3 is 20.1 Å². The second-order valence-electron chi connectivity index (χ2n) is 6.28. The van der Waals surface area contributed by atoms with E-state index < -0.39 is 37.0 Å². The van der Waals surface area contributed by atoms with Crippen molar-refractivity contribution in [2.45, 2.75) is 38.6 Å². The summed E-state index contributed by atoms with van der Waals surface area (Å²) in [5, 5.41) is 7.20. The highest BCUT2D eigenvalue weighted by Gasteiger charge is 2.19. The number of imide groups is 1. The fourth-order valence-electron chi connectivity index (χ4n) is 2.83. The molecule has 9 heteroatoms. The van der Waals surface area contributed by atoms with Crippen molar-refractivity contribution in [2.75, 3.05) is 19.8 Å². The van der Waals surface area contributed by atoms with Crippen molar-refractivity contribution in [3.8, 4) is 5.75 Å². The molecule has 28 heavy (non-hydrogen) atoms. The van der Waals surface area contributed by atoms with E-state index in [1.807, 2.05) is 0 Å². The van der Waals surface area contributed by atoms with Crippen molar-refractivity contribution in [1.82, 2.24) is 16.0 Å². The van der Waals surface area contributed by atoms with Crippen LogP contribution in [-0.4, -0.2) is 49.6 Å². The molecular formula is C19H25N3O6. The Morgan fingerprint density at radius 3 is 2.54 bits per heavy atom. The van der Waals surface area contributed by atoms with Crippen molar-refractivity contribution < 1.29 is 28.7 Å². The number of hydrogen-bond donors (Lipinski definition) is 3. The first-order valence-corrected chi connectivity index (χ1v) is 9.25. The maximum absolute atomic E-state index is 12.2. The lowest BCUT2D eigenvalue weighted by Crippen LogP contribution is -2.45. The van der Waals surface area contributed by atoms with Gasteiger partial charge in [-0.15, -0.1) is 0 Å². The van der Waals surface area contributed by atoms with Crippen LogP contribution in [0.1, 0.15) is 43.0 Å². The Morgan fingerprint density at radius 2 is 1.82 bits per heavy atom. The highest BCUT2D eigenvalue weighted by Crippen LogP contribution is 2.18. The van der Waals surface area contributed by atoms with Crippen LogP contribution < -0.4 is 20.7 Å². The molecule has 0 unspecified atom stereocenters. The number of carbonyl (C=O) groups excluding carboxylic acids is 4. The average molecular weight is 391 g/mol. The minimum absolute atomic E-state index is 0.0742. The number of ether oxygens (including phenoxy) is 2. The van der Waals surface area contributed by atoms with Crippen LogP contribution in [0.3, 0.4) is 0 Å². The molecule has 1 fully saturated rings. The molecule has 0 aliphatic heterocycles. The molecule has 1 aliphatic carbocycles. The van der Waals surface area contributed by atoms with Gasteiger partial charge in [0, 0.05) is 6.04 Å². The Kier molecular flexibility index (Phi) is 8.26. The molecule has 1 saturated carbocycles. The van der Waals surface area contributed by atoms with E-state index in [1.54, 1.807) is 31.2 Å². The van der Waals surface area contributed by atoms with Gasteiger partial charge >= 0.3 is 12.0 Å². The van der Waals surface area contributed by atoms with Crippen LogP contribution in [0.4, 0.5) is 4.79 Å². The Labute approximate surface area is 163 Å². The molecule has 0 bridgehead atoms.